The maximum Gasteiger partial charge on any atom is 0.225 e. The van der Waals surface area contributed by atoms with Crippen LogP contribution in [0.1, 0.15) is 45.1 Å². The first-order valence-corrected chi connectivity index (χ1v) is 6.93. The number of nitrogens with zero attached hydrogens (tertiary/aromatic N) is 2. The zero-order chi connectivity index (χ0) is 13.0. The Labute approximate surface area is 109 Å². The Hall–Kier alpha value is -1.32. The second kappa shape index (κ2) is 6.03. The van der Waals surface area contributed by atoms with Gasteiger partial charge in [-0.2, -0.15) is 4.98 Å². The van der Waals surface area contributed by atoms with Gasteiger partial charge in [0.25, 0.3) is 0 Å². The fourth-order valence-electron chi connectivity index (χ4n) is 2.29. The lowest BCUT2D eigenvalue weighted by Crippen LogP contribution is -2.24. The standard InChI is InChI=1S/C14H23N3O/c1-4-15-14-16-9-11(3)13(17-14)18-12-7-5-10(2)6-8-12/h9-10,12H,4-8H2,1-3H3,(H,15,16,17). The van der Waals surface area contributed by atoms with E-state index in [0.717, 1.165) is 36.7 Å². The smallest absolute Gasteiger partial charge is 0.225 e. The van der Waals surface area contributed by atoms with Gasteiger partial charge in [0.05, 0.1) is 0 Å². The molecular formula is C14H23N3O. The minimum Gasteiger partial charge on any atom is -0.474 e. The first-order valence-electron chi connectivity index (χ1n) is 6.93. The number of hydrogen-bond donors (Lipinski definition) is 1. The third kappa shape index (κ3) is 3.34. The van der Waals surface area contributed by atoms with Crippen molar-refractivity contribution < 1.29 is 4.74 Å². The van der Waals surface area contributed by atoms with E-state index in [-0.39, 0.29) is 0 Å². The van der Waals surface area contributed by atoms with Crippen molar-refractivity contribution in [1.82, 2.24) is 9.97 Å². The summed E-state index contributed by atoms with van der Waals surface area (Å²) in [4.78, 5) is 8.66. The summed E-state index contributed by atoms with van der Waals surface area (Å²) in [5, 5.41) is 3.12. The van der Waals surface area contributed by atoms with Crippen molar-refractivity contribution >= 4 is 5.95 Å². The van der Waals surface area contributed by atoms with E-state index in [1.54, 1.807) is 0 Å². The van der Waals surface area contributed by atoms with Crippen LogP contribution in [-0.2, 0) is 0 Å². The van der Waals surface area contributed by atoms with Gasteiger partial charge in [-0.1, -0.05) is 6.92 Å². The van der Waals surface area contributed by atoms with Crippen LogP contribution in [0.3, 0.4) is 0 Å². The maximum absolute atomic E-state index is 6.03. The molecule has 1 aliphatic rings. The molecule has 0 unspecified atom stereocenters. The fourth-order valence-corrected chi connectivity index (χ4v) is 2.29. The predicted octanol–water partition coefficient (Wildman–Crippen LogP) is 3.17. The molecule has 1 saturated carbocycles. The summed E-state index contributed by atoms with van der Waals surface area (Å²) in [7, 11) is 0. The highest BCUT2D eigenvalue weighted by atomic mass is 16.5. The zero-order valence-electron chi connectivity index (χ0n) is 11.6. The molecule has 1 aliphatic carbocycles. The van der Waals surface area contributed by atoms with Crippen LogP contribution in [0.2, 0.25) is 0 Å². The number of hydrogen-bond acceptors (Lipinski definition) is 4. The highest BCUT2D eigenvalue weighted by Gasteiger charge is 2.20. The molecule has 1 aromatic rings. The largest absolute Gasteiger partial charge is 0.474 e. The van der Waals surface area contributed by atoms with Gasteiger partial charge >= 0.3 is 0 Å². The van der Waals surface area contributed by atoms with Gasteiger partial charge in [0, 0.05) is 18.3 Å². The van der Waals surface area contributed by atoms with Crippen molar-refractivity contribution in [3.8, 4) is 5.88 Å². The molecule has 0 atom stereocenters. The van der Waals surface area contributed by atoms with Crippen LogP contribution in [0.15, 0.2) is 6.20 Å². The van der Waals surface area contributed by atoms with Gasteiger partial charge < -0.3 is 10.1 Å². The molecule has 0 spiro atoms. The van der Waals surface area contributed by atoms with E-state index in [4.69, 9.17) is 4.74 Å². The summed E-state index contributed by atoms with van der Waals surface area (Å²) in [5.41, 5.74) is 1.01. The second-order valence-corrected chi connectivity index (χ2v) is 5.21. The molecule has 0 amide bonds. The predicted molar refractivity (Wildman–Crippen MR) is 73.0 cm³/mol. The Morgan fingerprint density at radius 3 is 2.72 bits per heavy atom. The van der Waals surface area contributed by atoms with Crippen LogP contribution in [0, 0.1) is 12.8 Å². The summed E-state index contributed by atoms with van der Waals surface area (Å²) >= 11 is 0. The van der Waals surface area contributed by atoms with Gasteiger partial charge in [-0.05, 0) is 45.4 Å². The lowest BCUT2D eigenvalue weighted by molar-refractivity contribution is 0.129. The molecule has 1 N–H and O–H groups in total. The molecule has 1 heterocycles. The van der Waals surface area contributed by atoms with Crippen LogP contribution in [0.25, 0.3) is 0 Å². The molecule has 4 heteroatoms. The third-order valence-electron chi connectivity index (χ3n) is 3.50. The molecule has 0 aromatic carbocycles. The van der Waals surface area contributed by atoms with Crippen LogP contribution in [0.5, 0.6) is 5.88 Å². The Bertz CT molecular complexity index is 387. The number of aryl methyl sites for hydroxylation is 1. The second-order valence-electron chi connectivity index (χ2n) is 5.21. The van der Waals surface area contributed by atoms with Crippen molar-refractivity contribution in [2.24, 2.45) is 5.92 Å². The van der Waals surface area contributed by atoms with Crippen molar-refractivity contribution in [3.63, 3.8) is 0 Å². The van der Waals surface area contributed by atoms with Gasteiger partial charge in [-0.25, -0.2) is 4.98 Å². The molecule has 0 aliphatic heterocycles. The van der Waals surface area contributed by atoms with E-state index >= 15 is 0 Å². The summed E-state index contributed by atoms with van der Waals surface area (Å²) in [5.74, 6) is 2.23. The van der Waals surface area contributed by atoms with Crippen LogP contribution >= 0.6 is 0 Å². The highest BCUT2D eigenvalue weighted by Crippen LogP contribution is 2.27. The van der Waals surface area contributed by atoms with Gasteiger partial charge in [-0.15, -0.1) is 0 Å². The van der Waals surface area contributed by atoms with E-state index in [1.165, 1.54) is 12.8 Å². The summed E-state index contributed by atoms with van der Waals surface area (Å²) in [6.45, 7) is 7.17. The first kappa shape index (κ1) is 13.1. The quantitative estimate of drug-likeness (QED) is 0.890. The topological polar surface area (TPSA) is 47.0 Å². The SMILES string of the molecule is CCNc1ncc(C)c(OC2CCC(C)CC2)n1. The number of aromatic nitrogens is 2. The van der Waals surface area contributed by atoms with E-state index < -0.39 is 0 Å². The molecule has 0 radical (unpaired) electrons. The Morgan fingerprint density at radius 1 is 1.33 bits per heavy atom. The number of nitrogens with one attached hydrogen (secondary N) is 1. The molecule has 0 saturated heterocycles. The first-order chi connectivity index (χ1) is 8.69. The van der Waals surface area contributed by atoms with E-state index in [2.05, 4.69) is 22.2 Å². The average Bonchev–Trinajstić information content (AvgIpc) is 2.36. The van der Waals surface area contributed by atoms with Gasteiger partial charge in [-0.3, -0.25) is 0 Å². The van der Waals surface area contributed by atoms with Crippen molar-refractivity contribution in [2.75, 3.05) is 11.9 Å². The lowest BCUT2D eigenvalue weighted by Gasteiger charge is -2.26. The van der Waals surface area contributed by atoms with E-state index in [0.29, 0.717) is 12.1 Å². The monoisotopic (exact) mass is 249 g/mol. The summed E-state index contributed by atoms with van der Waals surface area (Å²) < 4.78 is 6.03. The minimum atomic E-state index is 0.323. The molecule has 1 aromatic heterocycles. The van der Waals surface area contributed by atoms with Gasteiger partial charge in [0.1, 0.15) is 6.10 Å². The van der Waals surface area contributed by atoms with E-state index in [1.807, 2.05) is 20.0 Å². The highest BCUT2D eigenvalue weighted by molar-refractivity contribution is 5.32. The molecule has 18 heavy (non-hydrogen) atoms. The van der Waals surface area contributed by atoms with Crippen LogP contribution in [-0.4, -0.2) is 22.6 Å². The summed E-state index contributed by atoms with van der Waals surface area (Å²) in [6.07, 6.45) is 6.95. The number of rotatable bonds is 4. The fraction of sp³-hybridized carbons (Fsp3) is 0.714. The van der Waals surface area contributed by atoms with Crippen LogP contribution in [0.4, 0.5) is 5.95 Å². The Balaban J connectivity index is 2.01. The average molecular weight is 249 g/mol. The van der Waals surface area contributed by atoms with Crippen molar-refractivity contribution in [1.29, 1.82) is 0 Å². The molecule has 4 nitrogen and oxygen atoms in total. The molecule has 0 bridgehead atoms. The van der Waals surface area contributed by atoms with Crippen molar-refractivity contribution in [2.45, 2.75) is 52.6 Å². The molecule has 100 valence electrons. The Morgan fingerprint density at radius 2 is 2.06 bits per heavy atom. The van der Waals surface area contributed by atoms with E-state index in [9.17, 15) is 0 Å². The van der Waals surface area contributed by atoms with Crippen molar-refractivity contribution in [3.05, 3.63) is 11.8 Å². The normalized spacial score (nSPS) is 23.7. The molecular weight excluding hydrogens is 226 g/mol. The van der Waals surface area contributed by atoms with Gasteiger partial charge in [0.15, 0.2) is 0 Å². The number of anilines is 1. The number of ether oxygens (including phenoxy) is 1. The van der Waals surface area contributed by atoms with Crippen LogP contribution < -0.4 is 10.1 Å². The molecule has 1 fully saturated rings. The maximum atomic E-state index is 6.03. The molecule has 2 rings (SSSR count). The minimum absolute atomic E-state index is 0.323. The van der Waals surface area contributed by atoms with Gasteiger partial charge in [0.2, 0.25) is 11.8 Å². The lowest BCUT2D eigenvalue weighted by atomic mass is 9.89. The zero-order valence-corrected chi connectivity index (χ0v) is 11.6. The third-order valence-corrected chi connectivity index (χ3v) is 3.50. The Kier molecular flexibility index (Phi) is 4.39. The summed E-state index contributed by atoms with van der Waals surface area (Å²) in [6, 6.07) is 0.